The molecule has 4 heterocycles. The molecule has 0 spiro atoms. The van der Waals surface area contributed by atoms with Crippen molar-refractivity contribution in [3.8, 4) is 17.3 Å². The second-order valence-electron chi connectivity index (χ2n) is 10.2. The van der Waals surface area contributed by atoms with Gasteiger partial charge < -0.3 is 29.2 Å². The highest BCUT2D eigenvalue weighted by Gasteiger charge is 2.27. The second kappa shape index (κ2) is 9.22. The van der Waals surface area contributed by atoms with Gasteiger partial charge in [0.15, 0.2) is 5.82 Å². The molecule has 0 bridgehead atoms. The fourth-order valence-corrected chi connectivity index (χ4v) is 5.07. The number of nitrogens with zero attached hydrogens (tertiary/aromatic N) is 5. The lowest BCUT2D eigenvalue weighted by Gasteiger charge is -2.30. The van der Waals surface area contributed by atoms with E-state index in [1.165, 1.54) is 0 Å². The molecular formula is C27H34N6O3. The quantitative estimate of drug-likeness (QED) is 0.443. The molecule has 0 radical (unpaired) electrons. The number of carbonyl (C=O) groups excluding carboxylic acids is 1. The van der Waals surface area contributed by atoms with Gasteiger partial charge in [0.05, 0.1) is 30.5 Å². The summed E-state index contributed by atoms with van der Waals surface area (Å²) in [5, 5.41) is 1.02. The lowest BCUT2D eigenvalue weighted by molar-refractivity contribution is 0.00932. The lowest BCUT2D eigenvalue weighted by atomic mass is 10.0. The number of hydrogen-bond acceptors (Lipinski definition) is 6. The van der Waals surface area contributed by atoms with Gasteiger partial charge in [0.25, 0.3) is 5.91 Å². The van der Waals surface area contributed by atoms with Crippen molar-refractivity contribution in [2.24, 2.45) is 12.8 Å². The summed E-state index contributed by atoms with van der Waals surface area (Å²) in [6, 6.07) is 9.76. The number of likely N-dealkylation sites (tertiary alicyclic amines) is 1. The zero-order chi connectivity index (χ0) is 25.6. The van der Waals surface area contributed by atoms with Crippen molar-refractivity contribution in [2.75, 3.05) is 27.3 Å². The minimum Gasteiger partial charge on any atom is -0.494 e. The molecule has 0 saturated carbocycles. The SMILES string of the molecule is COc1cc(C(=O)N2CCC[C@@H](N)C2)cc2nc(-c3cc4cccnc4n3CC(C)(C)OC)n(C)c12. The maximum Gasteiger partial charge on any atom is 0.254 e. The number of methoxy groups -OCH3 is 2. The Kier molecular flexibility index (Phi) is 6.22. The number of amides is 1. The Morgan fingerprint density at radius 3 is 2.78 bits per heavy atom. The molecule has 36 heavy (non-hydrogen) atoms. The van der Waals surface area contributed by atoms with E-state index in [1.807, 2.05) is 48.6 Å². The summed E-state index contributed by atoms with van der Waals surface area (Å²) >= 11 is 0. The third-order valence-electron chi connectivity index (χ3n) is 7.12. The van der Waals surface area contributed by atoms with Crippen LogP contribution in [0.4, 0.5) is 0 Å². The van der Waals surface area contributed by atoms with Crippen LogP contribution in [0, 0.1) is 0 Å². The Hall–Kier alpha value is -3.43. The van der Waals surface area contributed by atoms with E-state index in [4.69, 9.17) is 20.2 Å². The van der Waals surface area contributed by atoms with E-state index in [1.54, 1.807) is 26.5 Å². The Labute approximate surface area is 210 Å². The van der Waals surface area contributed by atoms with Crippen molar-refractivity contribution in [2.45, 2.75) is 44.9 Å². The Balaban J connectivity index is 1.65. The molecule has 1 aliphatic rings. The van der Waals surface area contributed by atoms with Crippen LogP contribution in [0.2, 0.25) is 0 Å². The molecule has 5 rings (SSSR count). The molecule has 1 aromatic carbocycles. The second-order valence-corrected chi connectivity index (χ2v) is 10.2. The monoisotopic (exact) mass is 490 g/mol. The maximum atomic E-state index is 13.3. The van der Waals surface area contributed by atoms with Crippen LogP contribution in [0.15, 0.2) is 36.5 Å². The first-order valence-electron chi connectivity index (χ1n) is 12.3. The molecule has 190 valence electrons. The molecule has 9 heteroatoms. The number of benzene rings is 1. The van der Waals surface area contributed by atoms with Gasteiger partial charge in [-0.3, -0.25) is 4.79 Å². The van der Waals surface area contributed by atoms with Gasteiger partial charge in [-0.05, 0) is 57.0 Å². The number of ether oxygens (including phenoxy) is 2. The Morgan fingerprint density at radius 2 is 2.06 bits per heavy atom. The van der Waals surface area contributed by atoms with E-state index in [-0.39, 0.29) is 11.9 Å². The van der Waals surface area contributed by atoms with Gasteiger partial charge in [0.2, 0.25) is 0 Å². The Bertz CT molecular complexity index is 1440. The molecule has 9 nitrogen and oxygen atoms in total. The number of hydrogen-bond donors (Lipinski definition) is 1. The van der Waals surface area contributed by atoms with Gasteiger partial charge in [-0.1, -0.05) is 0 Å². The van der Waals surface area contributed by atoms with Gasteiger partial charge in [0, 0.05) is 50.4 Å². The zero-order valence-electron chi connectivity index (χ0n) is 21.6. The van der Waals surface area contributed by atoms with Crippen molar-refractivity contribution in [1.29, 1.82) is 0 Å². The summed E-state index contributed by atoms with van der Waals surface area (Å²) < 4.78 is 15.6. The van der Waals surface area contributed by atoms with Crippen LogP contribution in [-0.2, 0) is 18.3 Å². The molecule has 3 aromatic heterocycles. The first kappa shape index (κ1) is 24.3. The Morgan fingerprint density at radius 1 is 1.25 bits per heavy atom. The van der Waals surface area contributed by atoms with Crippen molar-refractivity contribution in [1.82, 2.24) is 24.0 Å². The summed E-state index contributed by atoms with van der Waals surface area (Å²) in [6.45, 7) is 5.97. The highest BCUT2D eigenvalue weighted by atomic mass is 16.5. The van der Waals surface area contributed by atoms with Crippen LogP contribution in [0.5, 0.6) is 5.75 Å². The smallest absolute Gasteiger partial charge is 0.254 e. The summed E-state index contributed by atoms with van der Waals surface area (Å²) in [6.07, 6.45) is 3.65. The molecule has 1 amide bonds. The molecular weight excluding hydrogens is 456 g/mol. The number of pyridine rings is 1. The predicted molar refractivity (Wildman–Crippen MR) is 140 cm³/mol. The van der Waals surface area contributed by atoms with Gasteiger partial charge in [0.1, 0.15) is 16.9 Å². The third kappa shape index (κ3) is 4.22. The van der Waals surface area contributed by atoms with Crippen LogP contribution in [0.3, 0.4) is 0 Å². The molecule has 1 fully saturated rings. The molecule has 1 atom stereocenters. The fraction of sp³-hybridized carbons (Fsp3) is 0.444. The summed E-state index contributed by atoms with van der Waals surface area (Å²) in [5.41, 5.74) is 9.59. The summed E-state index contributed by atoms with van der Waals surface area (Å²) in [4.78, 5) is 24.8. The van der Waals surface area contributed by atoms with E-state index >= 15 is 0 Å². The number of imidazole rings is 1. The number of piperidine rings is 1. The topological polar surface area (TPSA) is 100 Å². The van der Waals surface area contributed by atoms with Crippen molar-refractivity contribution in [3.05, 3.63) is 42.1 Å². The number of carbonyl (C=O) groups is 1. The van der Waals surface area contributed by atoms with E-state index in [0.717, 1.165) is 40.9 Å². The van der Waals surface area contributed by atoms with Gasteiger partial charge in [-0.15, -0.1) is 0 Å². The molecule has 2 N–H and O–H groups in total. The third-order valence-corrected chi connectivity index (χ3v) is 7.12. The van der Waals surface area contributed by atoms with Crippen LogP contribution in [-0.4, -0.2) is 68.9 Å². The van der Waals surface area contributed by atoms with Crippen LogP contribution in [0.1, 0.15) is 37.0 Å². The minimum atomic E-state index is -0.407. The summed E-state index contributed by atoms with van der Waals surface area (Å²) in [5.74, 6) is 1.33. The lowest BCUT2D eigenvalue weighted by Crippen LogP contribution is -2.45. The van der Waals surface area contributed by atoms with E-state index in [0.29, 0.717) is 36.5 Å². The maximum absolute atomic E-state index is 13.3. The number of fused-ring (bicyclic) bond motifs is 2. The van der Waals surface area contributed by atoms with Crippen molar-refractivity contribution >= 4 is 28.0 Å². The number of rotatable bonds is 6. The predicted octanol–water partition coefficient (Wildman–Crippen LogP) is 3.59. The van der Waals surface area contributed by atoms with E-state index in [2.05, 4.69) is 15.6 Å². The zero-order valence-corrected chi connectivity index (χ0v) is 21.6. The van der Waals surface area contributed by atoms with Crippen LogP contribution in [0.25, 0.3) is 33.6 Å². The average Bonchev–Trinajstić information content (AvgIpc) is 3.40. The van der Waals surface area contributed by atoms with Crippen LogP contribution >= 0.6 is 0 Å². The molecule has 4 aromatic rings. The summed E-state index contributed by atoms with van der Waals surface area (Å²) in [7, 11) is 5.30. The first-order valence-corrected chi connectivity index (χ1v) is 12.3. The first-order chi connectivity index (χ1) is 17.2. The highest BCUT2D eigenvalue weighted by Crippen LogP contribution is 2.35. The molecule has 1 aliphatic heterocycles. The largest absolute Gasteiger partial charge is 0.494 e. The molecule has 0 aliphatic carbocycles. The van der Waals surface area contributed by atoms with Crippen molar-refractivity contribution in [3.63, 3.8) is 0 Å². The van der Waals surface area contributed by atoms with Crippen LogP contribution < -0.4 is 10.5 Å². The number of aryl methyl sites for hydroxylation is 1. The van der Waals surface area contributed by atoms with Crippen molar-refractivity contribution < 1.29 is 14.3 Å². The molecule has 1 saturated heterocycles. The standard InChI is InChI=1S/C27H34N6O3/c1-27(2,36-5)16-33-21(13-17-8-6-10-29-24(17)33)25-30-20-12-18(14-22(35-4)23(20)31(25)3)26(34)32-11-7-9-19(28)15-32/h6,8,10,12-14,19H,7,9,11,15-16,28H2,1-5H3/t19-/m1/s1. The molecule has 0 unspecified atom stereocenters. The van der Waals surface area contributed by atoms with E-state index < -0.39 is 5.60 Å². The fourth-order valence-electron chi connectivity index (χ4n) is 5.07. The van der Waals surface area contributed by atoms with E-state index in [9.17, 15) is 4.79 Å². The average molecular weight is 491 g/mol. The highest BCUT2D eigenvalue weighted by molar-refractivity contribution is 6.00. The number of aromatic nitrogens is 4. The van der Waals surface area contributed by atoms with Gasteiger partial charge in [-0.2, -0.15) is 0 Å². The minimum absolute atomic E-state index is 0.0154. The number of nitrogens with two attached hydrogens (primary N) is 1. The van der Waals surface area contributed by atoms with Gasteiger partial charge >= 0.3 is 0 Å². The normalized spacial score (nSPS) is 16.7. The van der Waals surface area contributed by atoms with Gasteiger partial charge in [-0.25, -0.2) is 9.97 Å².